The van der Waals surface area contributed by atoms with Gasteiger partial charge in [-0.15, -0.1) is 0 Å². The summed E-state index contributed by atoms with van der Waals surface area (Å²) in [7, 11) is 0. The Morgan fingerprint density at radius 3 is 2.67 bits per heavy atom. The van der Waals surface area contributed by atoms with Crippen LogP contribution in [0.4, 0.5) is 5.69 Å². The van der Waals surface area contributed by atoms with E-state index < -0.39 is 17.5 Å². The van der Waals surface area contributed by atoms with Crippen molar-refractivity contribution in [1.29, 1.82) is 0 Å². The SMILES string of the molecule is O=C([O-])C1=Nc2ccccc2CC1=O.[K+]. The second-order valence-corrected chi connectivity index (χ2v) is 2.98. The first-order chi connectivity index (χ1) is 6.68. The second kappa shape index (κ2) is 5.13. The summed E-state index contributed by atoms with van der Waals surface area (Å²) in [6.07, 6.45) is 0.0863. The van der Waals surface area contributed by atoms with Gasteiger partial charge in [0.1, 0.15) is 5.71 Å². The standard InChI is InChI=1S/C10H7NO3.K/c12-8-5-6-3-1-2-4-7(6)11-9(8)10(13)14;/h1-4H,5H2,(H,13,14);/q;+1/p-1. The maximum atomic E-state index is 11.2. The van der Waals surface area contributed by atoms with Crippen molar-refractivity contribution in [2.45, 2.75) is 6.42 Å². The molecule has 0 unspecified atom stereocenters. The third kappa shape index (κ3) is 2.62. The molecule has 0 atom stereocenters. The van der Waals surface area contributed by atoms with Crippen molar-refractivity contribution in [2.24, 2.45) is 4.99 Å². The van der Waals surface area contributed by atoms with Gasteiger partial charge in [0.25, 0.3) is 0 Å². The number of hydrogen-bond acceptors (Lipinski definition) is 4. The van der Waals surface area contributed by atoms with Gasteiger partial charge in [-0.3, -0.25) is 4.79 Å². The van der Waals surface area contributed by atoms with E-state index in [0.29, 0.717) is 5.69 Å². The van der Waals surface area contributed by atoms with Gasteiger partial charge in [-0.25, -0.2) is 4.99 Å². The zero-order chi connectivity index (χ0) is 10.1. The van der Waals surface area contributed by atoms with Gasteiger partial charge in [0.2, 0.25) is 0 Å². The van der Waals surface area contributed by atoms with Crippen LogP contribution in [0, 0.1) is 0 Å². The molecular formula is C10H6KNO3. The molecular weight excluding hydrogens is 221 g/mol. The first-order valence-electron chi connectivity index (χ1n) is 4.09. The molecule has 0 saturated carbocycles. The van der Waals surface area contributed by atoms with Crippen LogP contribution in [0.5, 0.6) is 0 Å². The fraction of sp³-hybridized carbons (Fsp3) is 0.100. The first-order valence-corrected chi connectivity index (χ1v) is 4.09. The van der Waals surface area contributed by atoms with E-state index in [0.717, 1.165) is 5.56 Å². The van der Waals surface area contributed by atoms with Gasteiger partial charge in [0, 0.05) is 6.42 Å². The largest absolute Gasteiger partial charge is 1.00 e. The number of ketones is 1. The van der Waals surface area contributed by atoms with Gasteiger partial charge in [-0.05, 0) is 11.6 Å². The van der Waals surface area contributed by atoms with Gasteiger partial charge < -0.3 is 9.90 Å². The van der Waals surface area contributed by atoms with Crippen molar-refractivity contribution in [3.05, 3.63) is 29.8 Å². The predicted octanol–water partition coefficient (Wildman–Crippen LogP) is -3.36. The van der Waals surface area contributed by atoms with Crippen LogP contribution in [-0.4, -0.2) is 17.5 Å². The first kappa shape index (κ1) is 12.7. The number of carbonyl (C=O) groups excluding carboxylic acids is 2. The van der Waals surface area contributed by atoms with Gasteiger partial charge in [-0.1, -0.05) is 18.2 Å². The maximum Gasteiger partial charge on any atom is 1.00 e. The Labute approximate surface area is 129 Å². The van der Waals surface area contributed by atoms with Gasteiger partial charge >= 0.3 is 51.4 Å². The number of rotatable bonds is 1. The number of carbonyl (C=O) groups is 2. The third-order valence-corrected chi connectivity index (χ3v) is 2.03. The Hall–Kier alpha value is -0.334. The van der Waals surface area contributed by atoms with E-state index in [1.54, 1.807) is 24.3 Å². The van der Waals surface area contributed by atoms with Crippen molar-refractivity contribution in [1.82, 2.24) is 0 Å². The molecule has 0 N–H and O–H groups in total. The van der Waals surface area contributed by atoms with E-state index in [-0.39, 0.29) is 57.8 Å². The molecule has 0 aromatic heterocycles. The molecule has 15 heavy (non-hydrogen) atoms. The minimum absolute atomic E-state index is 0. The number of para-hydroxylation sites is 1. The average molecular weight is 227 g/mol. The molecule has 1 aromatic rings. The summed E-state index contributed by atoms with van der Waals surface area (Å²) < 4.78 is 0. The number of carboxylic acids is 1. The number of aliphatic carboxylic acids is 1. The van der Waals surface area contributed by atoms with E-state index in [9.17, 15) is 14.7 Å². The normalized spacial score (nSPS) is 13.6. The number of aliphatic imine (C=N–C) groups is 1. The second-order valence-electron chi connectivity index (χ2n) is 2.98. The van der Waals surface area contributed by atoms with E-state index in [4.69, 9.17) is 0 Å². The summed E-state index contributed by atoms with van der Waals surface area (Å²) in [6, 6.07) is 6.95. The topological polar surface area (TPSA) is 69.6 Å². The fourth-order valence-corrected chi connectivity index (χ4v) is 1.37. The third-order valence-electron chi connectivity index (χ3n) is 2.03. The van der Waals surface area contributed by atoms with E-state index in [2.05, 4.69) is 4.99 Å². The number of benzene rings is 1. The van der Waals surface area contributed by atoms with Crippen molar-refractivity contribution in [3.8, 4) is 0 Å². The summed E-state index contributed by atoms with van der Waals surface area (Å²) in [6.45, 7) is 0. The average Bonchev–Trinajstić information content (AvgIpc) is 2.16. The van der Waals surface area contributed by atoms with Gasteiger partial charge in [0.05, 0.1) is 11.7 Å². The molecule has 1 aliphatic rings. The maximum absolute atomic E-state index is 11.2. The summed E-state index contributed by atoms with van der Waals surface area (Å²) in [5.41, 5.74) is 0.803. The smallest absolute Gasteiger partial charge is 0.543 e. The number of nitrogens with zero attached hydrogens (tertiary/aromatic N) is 1. The van der Waals surface area contributed by atoms with Crippen LogP contribution in [-0.2, 0) is 16.0 Å². The van der Waals surface area contributed by atoms with Crippen LogP contribution in [0.2, 0.25) is 0 Å². The van der Waals surface area contributed by atoms with Gasteiger partial charge in [-0.2, -0.15) is 0 Å². The molecule has 0 radical (unpaired) electrons. The number of fused-ring (bicyclic) bond motifs is 1. The molecule has 0 bridgehead atoms. The minimum atomic E-state index is -1.51. The summed E-state index contributed by atoms with van der Waals surface area (Å²) in [5, 5.41) is 10.5. The molecule has 1 aliphatic heterocycles. The molecule has 0 amide bonds. The van der Waals surface area contributed by atoms with Crippen molar-refractivity contribution in [2.75, 3.05) is 0 Å². The molecule has 0 saturated heterocycles. The molecule has 0 fully saturated rings. The molecule has 70 valence electrons. The van der Waals surface area contributed by atoms with Crippen LogP contribution < -0.4 is 56.5 Å². The fourth-order valence-electron chi connectivity index (χ4n) is 1.37. The van der Waals surface area contributed by atoms with E-state index in [1.165, 1.54) is 0 Å². The Balaban J connectivity index is 0.00000112. The Bertz CT molecular complexity index is 454. The van der Waals surface area contributed by atoms with Crippen molar-refractivity contribution < 1.29 is 66.1 Å². The van der Waals surface area contributed by atoms with E-state index in [1.807, 2.05) is 0 Å². The van der Waals surface area contributed by atoms with Crippen molar-refractivity contribution in [3.63, 3.8) is 0 Å². The quantitative estimate of drug-likeness (QED) is 0.470. The monoisotopic (exact) mass is 227 g/mol. The number of carboxylic acid groups (broad SMARTS) is 1. The molecule has 1 aromatic carbocycles. The van der Waals surface area contributed by atoms with E-state index >= 15 is 0 Å². The zero-order valence-electron chi connectivity index (χ0n) is 8.19. The Kier molecular flexibility index (Phi) is 4.36. The van der Waals surface area contributed by atoms with Crippen molar-refractivity contribution >= 4 is 23.2 Å². The minimum Gasteiger partial charge on any atom is -0.543 e. The zero-order valence-corrected chi connectivity index (χ0v) is 11.3. The molecule has 2 rings (SSSR count). The van der Waals surface area contributed by atoms with Crippen LogP contribution in [0.15, 0.2) is 29.3 Å². The summed E-state index contributed by atoms with van der Waals surface area (Å²) >= 11 is 0. The molecule has 4 nitrogen and oxygen atoms in total. The summed E-state index contributed by atoms with van der Waals surface area (Å²) in [5.74, 6) is -2.01. The van der Waals surface area contributed by atoms with Crippen LogP contribution >= 0.6 is 0 Å². The molecule has 1 heterocycles. The van der Waals surface area contributed by atoms with Gasteiger partial charge in [0.15, 0.2) is 5.78 Å². The van der Waals surface area contributed by atoms with Crippen LogP contribution in [0.25, 0.3) is 0 Å². The molecule has 5 heteroatoms. The molecule has 0 aliphatic carbocycles. The predicted molar refractivity (Wildman–Crippen MR) is 47.3 cm³/mol. The summed E-state index contributed by atoms with van der Waals surface area (Å²) in [4.78, 5) is 25.5. The number of hydrogen-bond donors (Lipinski definition) is 0. The van der Waals surface area contributed by atoms with Crippen LogP contribution in [0.3, 0.4) is 0 Å². The Morgan fingerprint density at radius 1 is 1.33 bits per heavy atom. The number of Topliss-reactive ketones (excluding diaryl/α,β-unsaturated/α-hetero) is 1. The molecule has 0 spiro atoms. The van der Waals surface area contributed by atoms with Crippen LogP contribution in [0.1, 0.15) is 5.56 Å². The Morgan fingerprint density at radius 2 is 2.00 bits per heavy atom.